The Kier molecular flexibility index (Phi) is 4.92. The highest BCUT2D eigenvalue weighted by atomic mass is 35.5. The molecule has 0 aliphatic rings. The molecule has 0 radical (unpaired) electrons. The Bertz CT molecular complexity index is 567. The van der Waals surface area contributed by atoms with Crippen molar-refractivity contribution >= 4 is 34.8 Å². The third-order valence-corrected chi connectivity index (χ3v) is 3.62. The Morgan fingerprint density at radius 2 is 1.58 bits per heavy atom. The average molecular weight is 320 g/mol. The van der Waals surface area contributed by atoms with Crippen LogP contribution in [0.4, 0.5) is 4.39 Å². The first kappa shape index (κ1) is 14.4. The van der Waals surface area contributed by atoms with Crippen molar-refractivity contribution in [3.8, 4) is 5.75 Å². The summed E-state index contributed by atoms with van der Waals surface area (Å²) in [5.41, 5.74) is 0.989. The van der Waals surface area contributed by atoms with Crippen molar-refractivity contribution in [3.63, 3.8) is 0 Å². The van der Waals surface area contributed by atoms with Gasteiger partial charge in [0.2, 0.25) is 0 Å². The fourth-order valence-electron chi connectivity index (χ4n) is 1.62. The second-order valence-corrected chi connectivity index (χ2v) is 4.92. The van der Waals surface area contributed by atoms with Crippen molar-refractivity contribution in [3.05, 3.63) is 63.4 Å². The molecule has 0 heterocycles. The molecule has 2 aromatic rings. The number of rotatable bonds is 4. The van der Waals surface area contributed by atoms with Gasteiger partial charge in [0.05, 0.1) is 10.9 Å². The molecule has 0 unspecified atom stereocenters. The molecule has 1 nitrogen and oxygen atoms in total. The van der Waals surface area contributed by atoms with Crippen molar-refractivity contribution in [1.29, 1.82) is 0 Å². The summed E-state index contributed by atoms with van der Waals surface area (Å²) in [6.07, 6.45) is 0. The number of hydrogen-bond donors (Lipinski definition) is 0. The first-order chi connectivity index (χ1) is 9.13. The topological polar surface area (TPSA) is 9.23 Å². The van der Waals surface area contributed by atoms with Gasteiger partial charge in [0.1, 0.15) is 18.2 Å². The number of alkyl halides is 1. The summed E-state index contributed by atoms with van der Waals surface area (Å²) in [5, 5.41) is 0.849. The van der Waals surface area contributed by atoms with Gasteiger partial charge in [-0.2, -0.15) is 0 Å². The van der Waals surface area contributed by atoms with E-state index >= 15 is 0 Å². The van der Waals surface area contributed by atoms with E-state index in [-0.39, 0.29) is 12.5 Å². The molecule has 0 amide bonds. The van der Waals surface area contributed by atoms with Crippen LogP contribution in [0, 0.1) is 5.82 Å². The fourth-order valence-corrected chi connectivity index (χ4v) is 2.42. The molecule has 5 heteroatoms. The summed E-state index contributed by atoms with van der Waals surface area (Å²) in [6, 6.07) is 9.71. The van der Waals surface area contributed by atoms with E-state index in [2.05, 4.69) is 0 Å². The summed E-state index contributed by atoms with van der Waals surface area (Å²) in [7, 11) is 0. The Hall–Kier alpha value is -0.960. The smallest absolute Gasteiger partial charge is 0.131 e. The molecule has 2 aromatic carbocycles. The van der Waals surface area contributed by atoms with Gasteiger partial charge in [0.25, 0.3) is 0 Å². The van der Waals surface area contributed by atoms with Crippen molar-refractivity contribution in [2.75, 3.05) is 0 Å². The molecule has 0 fully saturated rings. The molecule has 0 saturated heterocycles. The average Bonchev–Trinajstić information content (AvgIpc) is 2.38. The molecule has 0 aliphatic heterocycles. The molecule has 0 aliphatic carbocycles. The molecule has 0 N–H and O–H groups in total. The van der Waals surface area contributed by atoms with E-state index < -0.39 is 5.82 Å². The van der Waals surface area contributed by atoms with Gasteiger partial charge < -0.3 is 4.74 Å². The lowest BCUT2D eigenvalue weighted by Gasteiger charge is -2.12. The minimum Gasteiger partial charge on any atom is -0.488 e. The van der Waals surface area contributed by atoms with E-state index in [4.69, 9.17) is 39.5 Å². The van der Waals surface area contributed by atoms with Gasteiger partial charge in [-0.3, -0.25) is 0 Å². The van der Waals surface area contributed by atoms with Gasteiger partial charge in [-0.05, 0) is 24.3 Å². The van der Waals surface area contributed by atoms with Crippen LogP contribution in [0.15, 0.2) is 36.4 Å². The van der Waals surface area contributed by atoms with Crippen LogP contribution in [0.25, 0.3) is 0 Å². The number of ether oxygens (including phenoxy) is 1. The Balaban J connectivity index is 2.22. The second kappa shape index (κ2) is 6.47. The SMILES string of the molecule is Fc1cccc(Cl)c1COc1cccc(Cl)c1CCl. The first-order valence-corrected chi connectivity index (χ1v) is 6.81. The lowest BCUT2D eigenvalue weighted by Crippen LogP contribution is -2.01. The Labute approximate surface area is 125 Å². The molecule has 19 heavy (non-hydrogen) atoms. The zero-order valence-corrected chi connectivity index (χ0v) is 12.1. The molecule has 0 aromatic heterocycles. The van der Waals surface area contributed by atoms with Crippen LogP contribution in [0.3, 0.4) is 0 Å². The maximum atomic E-state index is 13.6. The van der Waals surface area contributed by atoms with Crippen LogP contribution in [-0.2, 0) is 12.5 Å². The Morgan fingerprint density at radius 1 is 0.947 bits per heavy atom. The van der Waals surface area contributed by atoms with Crippen LogP contribution in [0.2, 0.25) is 10.0 Å². The highest BCUT2D eigenvalue weighted by Gasteiger charge is 2.11. The predicted octanol–water partition coefficient (Wildman–Crippen LogP) is 5.45. The predicted molar refractivity (Wildman–Crippen MR) is 76.8 cm³/mol. The maximum absolute atomic E-state index is 13.6. The third kappa shape index (κ3) is 3.33. The van der Waals surface area contributed by atoms with Gasteiger partial charge in [-0.15, -0.1) is 11.6 Å². The summed E-state index contributed by atoms with van der Waals surface area (Å²) in [5.74, 6) is 0.351. The summed E-state index contributed by atoms with van der Waals surface area (Å²) in [4.78, 5) is 0. The van der Waals surface area contributed by atoms with Crippen LogP contribution < -0.4 is 4.74 Å². The van der Waals surface area contributed by atoms with E-state index in [1.807, 2.05) is 0 Å². The highest BCUT2D eigenvalue weighted by Crippen LogP contribution is 2.29. The van der Waals surface area contributed by atoms with Crippen LogP contribution in [0.1, 0.15) is 11.1 Å². The molecular formula is C14H10Cl3FO. The lowest BCUT2D eigenvalue weighted by molar-refractivity contribution is 0.297. The second-order valence-electron chi connectivity index (χ2n) is 3.84. The Morgan fingerprint density at radius 3 is 2.21 bits per heavy atom. The van der Waals surface area contributed by atoms with E-state index in [9.17, 15) is 4.39 Å². The molecule has 0 atom stereocenters. The first-order valence-electron chi connectivity index (χ1n) is 5.52. The molecular weight excluding hydrogens is 310 g/mol. The number of benzene rings is 2. The molecule has 0 bridgehead atoms. The minimum atomic E-state index is -0.401. The van der Waals surface area contributed by atoms with Gasteiger partial charge in [0.15, 0.2) is 0 Å². The lowest BCUT2D eigenvalue weighted by atomic mass is 10.2. The number of halogens is 4. The van der Waals surface area contributed by atoms with Crippen LogP contribution in [-0.4, -0.2) is 0 Å². The molecule has 100 valence electrons. The molecule has 2 rings (SSSR count). The quantitative estimate of drug-likeness (QED) is 0.681. The maximum Gasteiger partial charge on any atom is 0.131 e. The summed E-state index contributed by atoms with van der Waals surface area (Å²) in [6.45, 7) is 0.0235. The van der Waals surface area contributed by atoms with E-state index in [0.717, 1.165) is 0 Å². The zero-order chi connectivity index (χ0) is 13.8. The van der Waals surface area contributed by atoms with E-state index in [1.54, 1.807) is 30.3 Å². The van der Waals surface area contributed by atoms with Crippen molar-refractivity contribution in [1.82, 2.24) is 0 Å². The van der Waals surface area contributed by atoms with Crippen molar-refractivity contribution < 1.29 is 9.13 Å². The monoisotopic (exact) mass is 318 g/mol. The van der Waals surface area contributed by atoms with Crippen molar-refractivity contribution in [2.45, 2.75) is 12.5 Å². The van der Waals surface area contributed by atoms with Gasteiger partial charge in [-0.1, -0.05) is 35.3 Å². The standard InChI is InChI=1S/C14H10Cl3FO/c15-7-9-11(16)4-2-6-14(9)19-8-10-12(17)3-1-5-13(10)18/h1-6H,7-8H2. The highest BCUT2D eigenvalue weighted by molar-refractivity contribution is 6.32. The number of hydrogen-bond acceptors (Lipinski definition) is 1. The zero-order valence-electron chi connectivity index (χ0n) is 9.80. The fraction of sp³-hybridized carbons (Fsp3) is 0.143. The minimum absolute atomic E-state index is 0.0235. The van der Waals surface area contributed by atoms with Crippen molar-refractivity contribution in [2.24, 2.45) is 0 Å². The van der Waals surface area contributed by atoms with Crippen LogP contribution >= 0.6 is 34.8 Å². The van der Waals surface area contributed by atoms with E-state index in [1.165, 1.54) is 6.07 Å². The van der Waals surface area contributed by atoms with Gasteiger partial charge in [0, 0.05) is 16.1 Å². The largest absolute Gasteiger partial charge is 0.488 e. The normalized spacial score (nSPS) is 10.5. The molecule has 0 spiro atoms. The summed E-state index contributed by atoms with van der Waals surface area (Å²) < 4.78 is 19.2. The van der Waals surface area contributed by atoms with Crippen LogP contribution in [0.5, 0.6) is 5.75 Å². The van der Waals surface area contributed by atoms with Gasteiger partial charge >= 0.3 is 0 Å². The van der Waals surface area contributed by atoms with Gasteiger partial charge in [-0.25, -0.2) is 4.39 Å². The molecule has 0 saturated carbocycles. The van der Waals surface area contributed by atoms with E-state index in [0.29, 0.717) is 26.9 Å². The third-order valence-electron chi connectivity index (χ3n) is 2.64. The summed E-state index contributed by atoms with van der Waals surface area (Å²) >= 11 is 17.8.